The topological polar surface area (TPSA) is 56.0 Å². The van der Waals surface area contributed by atoms with Crippen molar-refractivity contribution in [3.63, 3.8) is 0 Å². The zero-order valence-electron chi connectivity index (χ0n) is 33.1. The van der Waals surface area contributed by atoms with Gasteiger partial charge in [-0.15, -0.1) is 0 Å². The highest BCUT2D eigenvalue weighted by Crippen LogP contribution is 2.42. The molecule has 3 heterocycles. The summed E-state index contributed by atoms with van der Waals surface area (Å²) in [5, 5.41) is 7.64. The second kappa shape index (κ2) is 15.5. The van der Waals surface area contributed by atoms with E-state index < -0.39 is 0 Å². The Balaban J connectivity index is 1.07. The Bertz CT molecular complexity index is 3330. The van der Waals surface area contributed by atoms with Crippen LogP contribution in [-0.2, 0) is 0 Å². The fourth-order valence-electron chi connectivity index (χ4n) is 8.27. The Labute approximate surface area is 354 Å². The molecule has 0 aliphatic heterocycles. The molecule has 0 bridgehead atoms. The number of fused-ring (bicyclic) bond motifs is 3. The predicted octanol–water partition coefficient (Wildman–Crippen LogP) is 14.0. The van der Waals surface area contributed by atoms with Gasteiger partial charge in [0.1, 0.15) is 5.69 Å². The monoisotopic (exact) mass is 779 g/mol. The lowest BCUT2D eigenvalue weighted by Crippen LogP contribution is -2.00. The normalized spacial score (nSPS) is 11.3. The highest BCUT2D eigenvalue weighted by Gasteiger charge is 2.22. The van der Waals surface area contributed by atoms with Crippen LogP contribution in [0.1, 0.15) is 0 Å². The fraction of sp³-hybridized carbons (Fsp3) is 0. The van der Waals surface area contributed by atoms with Crippen LogP contribution in [0, 0.1) is 0 Å². The second-order valence-electron chi connectivity index (χ2n) is 15.1. The third kappa shape index (κ3) is 6.84. The maximum Gasteiger partial charge on any atom is 0.164 e. The smallest absolute Gasteiger partial charge is 0.164 e. The number of benzene rings is 8. The molecular formula is C56H37N5. The first-order valence-electron chi connectivity index (χ1n) is 20.5. The molecule has 0 aliphatic rings. The SMILES string of the molecule is c1ccc(-c2cccc(-c3nc(-c4ccccc4)nc(-c4cccc(-c5ccc6c(c5)cc(-c5ccccc5)n5nc(-c7ccccc7)c(-c7ccccc7)c65)c4)n3)c2)cc1. The molecule has 8 aromatic carbocycles. The van der Waals surface area contributed by atoms with E-state index in [0.29, 0.717) is 17.5 Å². The Morgan fingerprint density at radius 3 is 1.30 bits per heavy atom. The van der Waals surface area contributed by atoms with E-state index >= 15 is 0 Å². The lowest BCUT2D eigenvalue weighted by Gasteiger charge is -2.13. The molecule has 0 N–H and O–H groups in total. The van der Waals surface area contributed by atoms with Gasteiger partial charge in [-0.2, -0.15) is 5.10 Å². The minimum Gasteiger partial charge on any atom is -0.231 e. The van der Waals surface area contributed by atoms with Crippen LogP contribution in [0.3, 0.4) is 0 Å². The standard InChI is InChI=1S/C56H37N5/c1-6-18-38(19-7-1)43-28-16-30-46(34-43)55-57-54(42-26-14-5-15-27-42)58-56(59-55)47-31-17-29-44(35-47)45-32-33-49-48(36-45)37-50(39-20-8-2-9-21-39)61-53(49)51(40-22-10-3-11-23-40)52(60-61)41-24-12-4-13-25-41/h1-37H. The molecule has 286 valence electrons. The van der Waals surface area contributed by atoms with Gasteiger partial charge < -0.3 is 0 Å². The summed E-state index contributed by atoms with van der Waals surface area (Å²) in [4.78, 5) is 15.2. The molecule has 0 fully saturated rings. The lowest BCUT2D eigenvalue weighted by molar-refractivity contribution is 0.979. The van der Waals surface area contributed by atoms with Crippen LogP contribution in [0.15, 0.2) is 224 Å². The Morgan fingerprint density at radius 1 is 0.295 bits per heavy atom. The van der Waals surface area contributed by atoms with Crippen molar-refractivity contribution in [2.75, 3.05) is 0 Å². The van der Waals surface area contributed by atoms with Crippen LogP contribution in [0.5, 0.6) is 0 Å². The molecule has 5 nitrogen and oxygen atoms in total. The molecular weight excluding hydrogens is 743 g/mol. The van der Waals surface area contributed by atoms with E-state index in [4.69, 9.17) is 20.1 Å². The third-order valence-electron chi connectivity index (χ3n) is 11.2. The van der Waals surface area contributed by atoms with Crippen molar-refractivity contribution in [1.82, 2.24) is 24.6 Å². The highest BCUT2D eigenvalue weighted by molar-refractivity contribution is 6.09. The molecule has 0 saturated carbocycles. The number of pyridine rings is 1. The quantitative estimate of drug-likeness (QED) is 0.154. The van der Waals surface area contributed by atoms with E-state index in [9.17, 15) is 0 Å². The van der Waals surface area contributed by atoms with E-state index in [0.717, 1.165) is 88.9 Å². The van der Waals surface area contributed by atoms with Gasteiger partial charge in [-0.1, -0.05) is 200 Å². The Kier molecular flexibility index (Phi) is 9.10. The van der Waals surface area contributed by atoms with Gasteiger partial charge in [0.2, 0.25) is 0 Å². The zero-order chi connectivity index (χ0) is 40.5. The summed E-state index contributed by atoms with van der Waals surface area (Å²) >= 11 is 0. The summed E-state index contributed by atoms with van der Waals surface area (Å²) in [5.74, 6) is 1.87. The summed E-state index contributed by atoms with van der Waals surface area (Å²) in [6.45, 7) is 0. The maximum atomic E-state index is 5.39. The van der Waals surface area contributed by atoms with Crippen LogP contribution in [-0.4, -0.2) is 24.6 Å². The molecule has 61 heavy (non-hydrogen) atoms. The largest absolute Gasteiger partial charge is 0.231 e. The fourth-order valence-corrected chi connectivity index (χ4v) is 8.27. The molecule has 11 rings (SSSR count). The van der Waals surface area contributed by atoms with E-state index in [2.05, 4.69) is 193 Å². The molecule has 0 saturated heterocycles. The van der Waals surface area contributed by atoms with Crippen LogP contribution >= 0.6 is 0 Å². The molecule has 0 unspecified atom stereocenters. The molecule has 3 aromatic heterocycles. The number of hydrogen-bond donors (Lipinski definition) is 0. The molecule has 0 radical (unpaired) electrons. The average Bonchev–Trinajstić information content (AvgIpc) is 3.76. The van der Waals surface area contributed by atoms with Gasteiger partial charge in [0.15, 0.2) is 17.5 Å². The first-order valence-corrected chi connectivity index (χ1v) is 20.5. The van der Waals surface area contributed by atoms with Gasteiger partial charge in [-0.25, -0.2) is 19.5 Å². The number of nitrogens with zero attached hydrogens (tertiary/aromatic N) is 5. The van der Waals surface area contributed by atoms with Gasteiger partial charge in [-0.3, -0.25) is 0 Å². The van der Waals surface area contributed by atoms with Crippen molar-refractivity contribution in [1.29, 1.82) is 0 Å². The summed E-state index contributed by atoms with van der Waals surface area (Å²) in [7, 11) is 0. The minimum atomic E-state index is 0.616. The molecule has 0 aliphatic carbocycles. The van der Waals surface area contributed by atoms with Crippen molar-refractivity contribution in [2.24, 2.45) is 0 Å². The lowest BCUT2D eigenvalue weighted by atomic mass is 9.95. The number of hydrogen-bond acceptors (Lipinski definition) is 4. The summed E-state index contributed by atoms with van der Waals surface area (Å²) < 4.78 is 2.14. The van der Waals surface area contributed by atoms with Gasteiger partial charge >= 0.3 is 0 Å². The van der Waals surface area contributed by atoms with Crippen LogP contribution in [0.2, 0.25) is 0 Å². The van der Waals surface area contributed by atoms with Gasteiger partial charge in [0, 0.05) is 38.8 Å². The van der Waals surface area contributed by atoms with Crippen molar-refractivity contribution in [2.45, 2.75) is 0 Å². The van der Waals surface area contributed by atoms with Crippen molar-refractivity contribution in [3.8, 4) is 90.1 Å². The maximum absolute atomic E-state index is 5.39. The van der Waals surface area contributed by atoms with Gasteiger partial charge in [0.05, 0.1) is 11.2 Å². The summed E-state index contributed by atoms with van der Waals surface area (Å²) in [6.07, 6.45) is 0. The first kappa shape index (κ1) is 35.8. The average molecular weight is 780 g/mol. The molecule has 11 aromatic rings. The van der Waals surface area contributed by atoms with Crippen LogP contribution < -0.4 is 0 Å². The minimum absolute atomic E-state index is 0.616. The van der Waals surface area contributed by atoms with Crippen molar-refractivity contribution >= 4 is 16.3 Å². The second-order valence-corrected chi connectivity index (χ2v) is 15.1. The first-order chi connectivity index (χ1) is 30.2. The van der Waals surface area contributed by atoms with E-state index in [-0.39, 0.29) is 0 Å². The molecule has 0 spiro atoms. The number of rotatable bonds is 8. The van der Waals surface area contributed by atoms with E-state index in [1.54, 1.807) is 0 Å². The van der Waals surface area contributed by atoms with Gasteiger partial charge in [-0.05, 0) is 57.5 Å². The summed E-state index contributed by atoms with van der Waals surface area (Å²) in [6, 6.07) is 78.2. The van der Waals surface area contributed by atoms with E-state index in [1.807, 2.05) is 36.4 Å². The van der Waals surface area contributed by atoms with E-state index in [1.165, 1.54) is 0 Å². The van der Waals surface area contributed by atoms with Crippen LogP contribution in [0.4, 0.5) is 0 Å². The highest BCUT2D eigenvalue weighted by atomic mass is 15.2. The van der Waals surface area contributed by atoms with Crippen LogP contribution in [0.25, 0.3) is 106 Å². The Hall–Kier alpha value is -8.28. The molecule has 0 amide bonds. The number of aromatic nitrogens is 5. The molecule has 5 heteroatoms. The third-order valence-corrected chi connectivity index (χ3v) is 11.2. The zero-order valence-corrected chi connectivity index (χ0v) is 33.1. The Morgan fingerprint density at radius 2 is 0.721 bits per heavy atom. The van der Waals surface area contributed by atoms with Crippen molar-refractivity contribution in [3.05, 3.63) is 224 Å². The molecule has 0 atom stereocenters. The van der Waals surface area contributed by atoms with Gasteiger partial charge in [0.25, 0.3) is 0 Å². The predicted molar refractivity (Wildman–Crippen MR) is 250 cm³/mol. The summed E-state index contributed by atoms with van der Waals surface area (Å²) in [5.41, 5.74) is 14.6. The van der Waals surface area contributed by atoms with Crippen molar-refractivity contribution < 1.29 is 0 Å².